The van der Waals surface area contributed by atoms with Gasteiger partial charge >= 0.3 is 5.97 Å². The first-order valence-corrected chi connectivity index (χ1v) is 9.70. The third-order valence-electron chi connectivity index (χ3n) is 4.77. The standard InChI is InChI=1S/C25H25NO4/c1-17-5-4-6-20(13-17)16-30-22-12-7-18(2)23(14-22)24(27)26-15-19-8-10-21(11-9-19)25(28)29-3/h4-14H,15-16H2,1-3H3,(H,26,27). The molecule has 0 spiro atoms. The van der Waals surface area contributed by atoms with Gasteiger partial charge in [-0.2, -0.15) is 0 Å². The van der Waals surface area contributed by atoms with Crippen LogP contribution < -0.4 is 10.1 Å². The number of amides is 1. The van der Waals surface area contributed by atoms with Gasteiger partial charge in [0.2, 0.25) is 0 Å². The molecule has 0 aromatic heterocycles. The lowest BCUT2D eigenvalue weighted by Gasteiger charge is -2.12. The second-order valence-corrected chi connectivity index (χ2v) is 7.13. The van der Waals surface area contributed by atoms with E-state index in [0.29, 0.717) is 30.0 Å². The number of methoxy groups -OCH3 is 1. The van der Waals surface area contributed by atoms with Gasteiger partial charge in [0, 0.05) is 12.1 Å². The summed E-state index contributed by atoms with van der Waals surface area (Å²) in [6.45, 7) is 4.73. The molecule has 0 atom stereocenters. The van der Waals surface area contributed by atoms with Crippen molar-refractivity contribution in [1.82, 2.24) is 5.32 Å². The molecule has 5 nitrogen and oxygen atoms in total. The molecule has 0 aliphatic heterocycles. The Hall–Kier alpha value is -3.60. The molecule has 0 unspecified atom stereocenters. The van der Waals surface area contributed by atoms with Crippen molar-refractivity contribution in [1.29, 1.82) is 0 Å². The van der Waals surface area contributed by atoms with Crippen molar-refractivity contribution in [3.63, 3.8) is 0 Å². The van der Waals surface area contributed by atoms with E-state index in [1.54, 1.807) is 30.3 Å². The average molecular weight is 403 g/mol. The highest BCUT2D eigenvalue weighted by molar-refractivity contribution is 5.96. The van der Waals surface area contributed by atoms with Crippen LogP contribution in [0.25, 0.3) is 0 Å². The molecule has 1 amide bonds. The summed E-state index contributed by atoms with van der Waals surface area (Å²) in [7, 11) is 1.34. The molecule has 0 aliphatic rings. The van der Waals surface area contributed by atoms with Gasteiger partial charge in [-0.05, 0) is 54.8 Å². The Balaban J connectivity index is 1.62. The Bertz CT molecular complexity index is 1040. The van der Waals surface area contributed by atoms with Crippen LogP contribution in [-0.2, 0) is 17.9 Å². The molecule has 3 aromatic carbocycles. The Morgan fingerprint density at radius 1 is 0.900 bits per heavy atom. The highest BCUT2D eigenvalue weighted by Crippen LogP contribution is 2.19. The summed E-state index contributed by atoms with van der Waals surface area (Å²) in [5, 5.41) is 2.92. The Labute approximate surface area is 176 Å². The van der Waals surface area contributed by atoms with Crippen LogP contribution in [0.15, 0.2) is 66.7 Å². The predicted molar refractivity (Wildman–Crippen MR) is 116 cm³/mol. The smallest absolute Gasteiger partial charge is 0.337 e. The normalized spacial score (nSPS) is 10.4. The fourth-order valence-corrected chi connectivity index (χ4v) is 3.06. The van der Waals surface area contributed by atoms with Crippen LogP contribution in [0.2, 0.25) is 0 Å². The van der Waals surface area contributed by atoms with E-state index >= 15 is 0 Å². The zero-order chi connectivity index (χ0) is 21.5. The SMILES string of the molecule is COC(=O)c1ccc(CNC(=O)c2cc(OCc3cccc(C)c3)ccc2C)cc1. The molecule has 154 valence electrons. The molecular formula is C25H25NO4. The van der Waals surface area contributed by atoms with Crippen molar-refractivity contribution in [2.45, 2.75) is 27.0 Å². The quantitative estimate of drug-likeness (QED) is 0.586. The van der Waals surface area contributed by atoms with Crippen LogP contribution in [0.3, 0.4) is 0 Å². The lowest BCUT2D eigenvalue weighted by molar-refractivity contribution is 0.0600. The lowest BCUT2D eigenvalue weighted by Crippen LogP contribution is -2.23. The van der Waals surface area contributed by atoms with Crippen molar-refractivity contribution in [3.8, 4) is 5.75 Å². The van der Waals surface area contributed by atoms with Gasteiger partial charge in [-0.25, -0.2) is 4.79 Å². The van der Waals surface area contributed by atoms with Gasteiger partial charge in [-0.1, -0.05) is 48.0 Å². The van der Waals surface area contributed by atoms with Gasteiger partial charge in [0.25, 0.3) is 5.91 Å². The molecule has 0 bridgehead atoms. The van der Waals surface area contributed by atoms with E-state index < -0.39 is 0 Å². The molecule has 0 aliphatic carbocycles. The number of rotatable bonds is 7. The number of aryl methyl sites for hydroxylation is 2. The van der Waals surface area contributed by atoms with Crippen LogP contribution >= 0.6 is 0 Å². The Morgan fingerprint density at radius 3 is 2.37 bits per heavy atom. The fourth-order valence-electron chi connectivity index (χ4n) is 3.06. The van der Waals surface area contributed by atoms with Gasteiger partial charge in [-0.15, -0.1) is 0 Å². The summed E-state index contributed by atoms with van der Waals surface area (Å²) in [6.07, 6.45) is 0. The molecule has 0 saturated heterocycles. The molecule has 30 heavy (non-hydrogen) atoms. The van der Waals surface area contributed by atoms with Crippen molar-refractivity contribution in [2.24, 2.45) is 0 Å². The van der Waals surface area contributed by atoms with Crippen LogP contribution in [0.1, 0.15) is 43.0 Å². The molecule has 0 fully saturated rings. The van der Waals surface area contributed by atoms with E-state index in [-0.39, 0.29) is 11.9 Å². The van der Waals surface area contributed by atoms with Crippen LogP contribution in [0, 0.1) is 13.8 Å². The number of ether oxygens (including phenoxy) is 2. The van der Waals surface area contributed by atoms with Crippen LogP contribution in [0.4, 0.5) is 0 Å². The molecule has 5 heteroatoms. The number of benzene rings is 3. The van der Waals surface area contributed by atoms with Crippen LogP contribution in [-0.4, -0.2) is 19.0 Å². The van der Waals surface area contributed by atoms with Gasteiger partial charge in [0.15, 0.2) is 0 Å². The summed E-state index contributed by atoms with van der Waals surface area (Å²) >= 11 is 0. The minimum absolute atomic E-state index is 0.175. The average Bonchev–Trinajstić information content (AvgIpc) is 2.76. The van der Waals surface area contributed by atoms with Gasteiger partial charge in [-0.3, -0.25) is 4.79 Å². The van der Waals surface area contributed by atoms with Crippen molar-refractivity contribution >= 4 is 11.9 Å². The van der Waals surface area contributed by atoms with Crippen molar-refractivity contribution in [2.75, 3.05) is 7.11 Å². The number of esters is 1. The van der Waals surface area contributed by atoms with E-state index in [4.69, 9.17) is 4.74 Å². The maximum Gasteiger partial charge on any atom is 0.337 e. The van der Waals surface area contributed by atoms with Gasteiger partial charge in [0.05, 0.1) is 12.7 Å². The van der Waals surface area contributed by atoms with E-state index in [1.807, 2.05) is 44.2 Å². The Morgan fingerprint density at radius 2 is 1.67 bits per heavy atom. The molecule has 1 N–H and O–H groups in total. The third-order valence-corrected chi connectivity index (χ3v) is 4.77. The summed E-state index contributed by atoms with van der Waals surface area (Å²) in [6, 6.07) is 20.6. The minimum Gasteiger partial charge on any atom is -0.489 e. The minimum atomic E-state index is -0.385. The zero-order valence-corrected chi connectivity index (χ0v) is 17.4. The third kappa shape index (κ3) is 5.47. The molecule has 0 saturated carbocycles. The van der Waals surface area contributed by atoms with Gasteiger partial charge in [0.1, 0.15) is 12.4 Å². The number of nitrogens with one attached hydrogen (secondary N) is 1. The maximum absolute atomic E-state index is 12.7. The first-order chi connectivity index (χ1) is 14.5. The highest BCUT2D eigenvalue weighted by Gasteiger charge is 2.11. The largest absolute Gasteiger partial charge is 0.489 e. The maximum atomic E-state index is 12.7. The number of hydrogen-bond donors (Lipinski definition) is 1. The van der Waals surface area contributed by atoms with E-state index in [9.17, 15) is 9.59 Å². The summed E-state index contributed by atoms with van der Waals surface area (Å²) in [4.78, 5) is 24.2. The van der Waals surface area contributed by atoms with E-state index in [2.05, 4.69) is 16.1 Å². The molecule has 0 heterocycles. The summed E-state index contributed by atoms with van der Waals surface area (Å²) < 4.78 is 10.6. The van der Waals surface area contributed by atoms with Crippen LogP contribution in [0.5, 0.6) is 5.75 Å². The highest BCUT2D eigenvalue weighted by atomic mass is 16.5. The topological polar surface area (TPSA) is 64.6 Å². The lowest BCUT2D eigenvalue weighted by atomic mass is 10.1. The first-order valence-electron chi connectivity index (χ1n) is 9.70. The molecule has 0 radical (unpaired) electrons. The number of carbonyl (C=O) groups is 2. The zero-order valence-electron chi connectivity index (χ0n) is 17.4. The van der Waals surface area contributed by atoms with Gasteiger partial charge < -0.3 is 14.8 Å². The molecule has 3 rings (SSSR count). The van der Waals surface area contributed by atoms with Crippen molar-refractivity contribution in [3.05, 3.63) is 100 Å². The van der Waals surface area contributed by atoms with E-state index in [1.165, 1.54) is 12.7 Å². The summed E-state index contributed by atoms with van der Waals surface area (Å²) in [5.41, 5.74) is 5.07. The second kappa shape index (κ2) is 9.74. The first kappa shape index (κ1) is 21.1. The fraction of sp³-hybridized carbons (Fsp3) is 0.200. The molecular weight excluding hydrogens is 378 g/mol. The number of hydrogen-bond acceptors (Lipinski definition) is 4. The Kier molecular flexibility index (Phi) is 6.86. The summed E-state index contributed by atoms with van der Waals surface area (Å²) in [5.74, 6) is 0.0870. The van der Waals surface area contributed by atoms with E-state index in [0.717, 1.165) is 16.7 Å². The van der Waals surface area contributed by atoms with Crippen molar-refractivity contribution < 1.29 is 19.1 Å². The monoisotopic (exact) mass is 403 g/mol. The second-order valence-electron chi connectivity index (χ2n) is 7.13. The number of carbonyl (C=O) groups excluding carboxylic acids is 2. The predicted octanol–water partition coefficient (Wildman–Crippen LogP) is 4.60. The molecule has 3 aromatic rings.